The third kappa shape index (κ3) is 4.15. The standard InChI is InChI=1S/C22H26N4O2S/c1-16-6-4-7-17(14-16)25-10-12-26(13-11-25)20(27)15-24(2)22-23-21-18(28-3)8-5-9-19(21)29-22/h4-9,14H,10-13,15H2,1-3H3. The molecule has 1 fully saturated rings. The maximum absolute atomic E-state index is 12.8. The highest BCUT2D eigenvalue weighted by Gasteiger charge is 2.23. The van der Waals surface area contributed by atoms with Gasteiger partial charge < -0.3 is 19.4 Å². The highest BCUT2D eigenvalue weighted by Crippen LogP contribution is 2.33. The van der Waals surface area contributed by atoms with E-state index in [1.807, 2.05) is 35.0 Å². The van der Waals surface area contributed by atoms with Gasteiger partial charge in [-0.05, 0) is 36.8 Å². The van der Waals surface area contributed by atoms with E-state index in [9.17, 15) is 4.79 Å². The van der Waals surface area contributed by atoms with Crippen molar-refractivity contribution in [3.63, 3.8) is 0 Å². The second kappa shape index (κ2) is 8.29. The lowest BCUT2D eigenvalue weighted by Gasteiger charge is -2.36. The number of aromatic nitrogens is 1. The largest absolute Gasteiger partial charge is 0.494 e. The van der Waals surface area contributed by atoms with Gasteiger partial charge in [-0.1, -0.05) is 29.5 Å². The molecule has 6 nitrogen and oxygen atoms in total. The van der Waals surface area contributed by atoms with Gasteiger partial charge in [0, 0.05) is 38.9 Å². The van der Waals surface area contributed by atoms with Gasteiger partial charge in [0.1, 0.15) is 11.3 Å². The minimum absolute atomic E-state index is 0.141. The molecule has 2 heterocycles. The topological polar surface area (TPSA) is 48.9 Å². The number of thiazole rings is 1. The maximum atomic E-state index is 12.8. The Balaban J connectivity index is 1.37. The van der Waals surface area contributed by atoms with Crippen LogP contribution in [0.5, 0.6) is 5.75 Å². The minimum Gasteiger partial charge on any atom is -0.494 e. The molecule has 0 saturated carbocycles. The minimum atomic E-state index is 0.141. The van der Waals surface area contributed by atoms with E-state index in [1.165, 1.54) is 11.3 Å². The third-order valence-corrected chi connectivity index (χ3v) is 6.42. The van der Waals surface area contributed by atoms with Crippen LogP contribution in [0.15, 0.2) is 42.5 Å². The number of para-hydroxylation sites is 1. The lowest BCUT2D eigenvalue weighted by molar-refractivity contribution is -0.129. The first-order chi connectivity index (χ1) is 14.0. The number of carbonyl (C=O) groups is 1. The third-order valence-electron chi connectivity index (χ3n) is 5.29. The molecular weight excluding hydrogens is 384 g/mol. The normalized spacial score (nSPS) is 14.3. The molecule has 0 aliphatic carbocycles. The smallest absolute Gasteiger partial charge is 0.242 e. The number of carbonyl (C=O) groups excluding carboxylic acids is 1. The average Bonchev–Trinajstić information content (AvgIpc) is 3.18. The van der Waals surface area contributed by atoms with Crippen LogP contribution in [-0.4, -0.2) is 62.7 Å². The quantitative estimate of drug-likeness (QED) is 0.645. The van der Waals surface area contributed by atoms with Crippen LogP contribution in [0.25, 0.3) is 10.2 Å². The van der Waals surface area contributed by atoms with Crippen LogP contribution in [0.2, 0.25) is 0 Å². The number of hydrogen-bond donors (Lipinski definition) is 0. The molecule has 1 amide bonds. The monoisotopic (exact) mass is 410 g/mol. The fourth-order valence-electron chi connectivity index (χ4n) is 3.65. The average molecular weight is 411 g/mol. The molecule has 152 valence electrons. The Bertz CT molecular complexity index is 1010. The van der Waals surface area contributed by atoms with Crippen LogP contribution in [0.4, 0.5) is 10.8 Å². The van der Waals surface area contributed by atoms with E-state index >= 15 is 0 Å². The molecule has 1 aromatic heterocycles. The molecule has 7 heteroatoms. The van der Waals surface area contributed by atoms with Crippen molar-refractivity contribution in [3.05, 3.63) is 48.0 Å². The number of nitrogens with zero attached hydrogens (tertiary/aromatic N) is 4. The number of piperazine rings is 1. The van der Waals surface area contributed by atoms with Gasteiger partial charge in [0.15, 0.2) is 5.13 Å². The summed E-state index contributed by atoms with van der Waals surface area (Å²) in [6.07, 6.45) is 0. The van der Waals surface area contributed by atoms with Gasteiger partial charge >= 0.3 is 0 Å². The molecule has 0 spiro atoms. The van der Waals surface area contributed by atoms with E-state index < -0.39 is 0 Å². The zero-order chi connectivity index (χ0) is 20.4. The Labute approximate surface area is 175 Å². The Morgan fingerprint density at radius 3 is 2.66 bits per heavy atom. The van der Waals surface area contributed by atoms with Crippen molar-refractivity contribution in [2.45, 2.75) is 6.92 Å². The number of hydrogen-bond acceptors (Lipinski definition) is 6. The lowest BCUT2D eigenvalue weighted by atomic mass is 10.2. The molecule has 0 atom stereocenters. The van der Waals surface area contributed by atoms with Crippen molar-refractivity contribution < 1.29 is 9.53 Å². The number of amides is 1. The molecule has 1 saturated heterocycles. The molecule has 0 radical (unpaired) electrons. The van der Waals surface area contributed by atoms with Crippen LogP contribution in [-0.2, 0) is 4.79 Å². The molecule has 0 unspecified atom stereocenters. The molecule has 0 bridgehead atoms. The summed E-state index contributed by atoms with van der Waals surface area (Å²) < 4.78 is 6.46. The number of likely N-dealkylation sites (N-methyl/N-ethyl adjacent to an activating group) is 1. The Morgan fingerprint density at radius 2 is 1.93 bits per heavy atom. The van der Waals surface area contributed by atoms with Crippen molar-refractivity contribution in [2.75, 3.05) is 56.7 Å². The molecule has 2 aromatic carbocycles. The van der Waals surface area contributed by atoms with Crippen LogP contribution in [0.3, 0.4) is 0 Å². The number of methoxy groups -OCH3 is 1. The molecule has 29 heavy (non-hydrogen) atoms. The van der Waals surface area contributed by atoms with E-state index in [1.54, 1.807) is 18.4 Å². The van der Waals surface area contributed by atoms with E-state index in [-0.39, 0.29) is 5.91 Å². The molecule has 1 aliphatic rings. The molecule has 0 N–H and O–H groups in total. The van der Waals surface area contributed by atoms with Crippen molar-refractivity contribution in [1.29, 1.82) is 0 Å². The van der Waals surface area contributed by atoms with E-state index in [2.05, 4.69) is 41.1 Å². The predicted octanol–water partition coefficient (Wildman–Crippen LogP) is 3.40. The van der Waals surface area contributed by atoms with Gasteiger partial charge in [-0.3, -0.25) is 4.79 Å². The van der Waals surface area contributed by atoms with Crippen LogP contribution in [0.1, 0.15) is 5.56 Å². The van der Waals surface area contributed by atoms with Crippen LogP contribution >= 0.6 is 11.3 Å². The van der Waals surface area contributed by atoms with Gasteiger partial charge in [-0.25, -0.2) is 4.98 Å². The van der Waals surface area contributed by atoms with E-state index in [0.29, 0.717) is 6.54 Å². The zero-order valence-electron chi connectivity index (χ0n) is 17.1. The number of anilines is 2. The molecular formula is C22H26N4O2S. The van der Waals surface area contributed by atoms with Gasteiger partial charge in [0.2, 0.25) is 5.91 Å². The fourth-order valence-corrected chi connectivity index (χ4v) is 4.59. The summed E-state index contributed by atoms with van der Waals surface area (Å²) in [7, 11) is 3.57. The van der Waals surface area contributed by atoms with E-state index in [0.717, 1.165) is 47.3 Å². The van der Waals surface area contributed by atoms with Gasteiger partial charge in [-0.15, -0.1) is 0 Å². The number of aryl methyl sites for hydroxylation is 1. The Kier molecular flexibility index (Phi) is 5.58. The zero-order valence-corrected chi connectivity index (χ0v) is 17.9. The first-order valence-electron chi connectivity index (χ1n) is 9.79. The highest BCUT2D eigenvalue weighted by molar-refractivity contribution is 7.22. The van der Waals surface area contributed by atoms with Crippen molar-refractivity contribution in [3.8, 4) is 5.75 Å². The van der Waals surface area contributed by atoms with Crippen molar-refractivity contribution in [1.82, 2.24) is 9.88 Å². The number of ether oxygens (including phenoxy) is 1. The summed E-state index contributed by atoms with van der Waals surface area (Å²) in [6.45, 7) is 5.64. The number of fused-ring (bicyclic) bond motifs is 1. The summed E-state index contributed by atoms with van der Waals surface area (Å²) in [5.74, 6) is 0.902. The van der Waals surface area contributed by atoms with E-state index in [4.69, 9.17) is 4.74 Å². The first kappa shape index (κ1) is 19.5. The van der Waals surface area contributed by atoms with Crippen LogP contribution in [0, 0.1) is 6.92 Å². The summed E-state index contributed by atoms with van der Waals surface area (Å²) in [6, 6.07) is 14.4. The van der Waals surface area contributed by atoms with Gasteiger partial charge in [0.25, 0.3) is 0 Å². The lowest BCUT2D eigenvalue weighted by Crippen LogP contribution is -2.51. The molecule has 1 aliphatic heterocycles. The number of benzene rings is 2. The Morgan fingerprint density at radius 1 is 1.17 bits per heavy atom. The Hall–Kier alpha value is -2.80. The number of rotatable bonds is 5. The molecule has 4 rings (SSSR count). The second-order valence-corrected chi connectivity index (χ2v) is 8.38. The van der Waals surface area contributed by atoms with Gasteiger partial charge in [-0.2, -0.15) is 0 Å². The van der Waals surface area contributed by atoms with Crippen LogP contribution < -0.4 is 14.5 Å². The fraction of sp³-hybridized carbons (Fsp3) is 0.364. The SMILES string of the molecule is COc1cccc2sc(N(C)CC(=O)N3CCN(c4cccc(C)c4)CC3)nc12. The summed E-state index contributed by atoms with van der Waals surface area (Å²) in [4.78, 5) is 23.7. The first-order valence-corrected chi connectivity index (χ1v) is 10.6. The summed E-state index contributed by atoms with van der Waals surface area (Å²) in [5, 5.41) is 0.830. The predicted molar refractivity (Wildman–Crippen MR) is 119 cm³/mol. The second-order valence-electron chi connectivity index (χ2n) is 7.37. The summed E-state index contributed by atoms with van der Waals surface area (Å²) in [5.41, 5.74) is 3.34. The molecule has 3 aromatic rings. The summed E-state index contributed by atoms with van der Waals surface area (Å²) >= 11 is 1.58. The van der Waals surface area contributed by atoms with Crippen molar-refractivity contribution >= 4 is 38.3 Å². The van der Waals surface area contributed by atoms with Gasteiger partial charge in [0.05, 0.1) is 18.4 Å². The maximum Gasteiger partial charge on any atom is 0.242 e. The van der Waals surface area contributed by atoms with Crippen molar-refractivity contribution in [2.24, 2.45) is 0 Å². The highest BCUT2D eigenvalue weighted by atomic mass is 32.1.